The lowest BCUT2D eigenvalue weighted by Crippen LogP contribution is -2.40. The number of carbonyl (C=O) groups excluding carboxylic acids is 2. The lowest BCUT2D eigenvalue weighted by molar-refractivity contribution is -0.128. The molecule has 0 radical (unpaired) electrons. The topological polar surface area (TPSA) is 116 Å². The highest BCUT2D eigenvalue weighted by molar-refractivity contribution is 6.05. The third kappa shape index (κ3) is 5.45. The number of aliphatic hydroxyl groups is 2. The molecule has 7 heteroatoms. The van der Waals surface area contributed by atoms with Gasteiger partial charge in [0.05, 0.1) is 18.4 Å². The zero-order valence-electron chi connectivity index (χ0n) is 17.5. The maximum Gasteiger partial charge on any atom is 0.250 e. The average Bonchev–Trinajstić information content (AvgIpc) is 2.95. The van der Waals surface area contributed by atoms with E-state index in [1.54, 1.807) is 18.2 Å². The van der Waals surface area contributed by atoms with Gasteiger partial charge in [-0.3, -0.25) is 9.59 Å². The number of nitrogens with two attached hydrogens (primary N) is 1. The van der Waals surface area contributed by atoms with Crippen molar-refractivity contribution in [2.45, 2.75) is 25.9 Å². The molecule has 0 spiro atoms. The first-order chi connectivity index (χ1) is 14.9. The van der Waals surface area contributed by atoms with Gasteiger partial charge in [0.15, 0.2) is 0 Å². The van der Waals surface area contributed by atoms with Gasteiger partial charge in [-0.25, -0.2) is 4.99 Å². The minimum atomic E-state index is -0.992. The van der Waals surface area contributed by atoms with Gasteiger partial charge in [-0.15, -0.1) is 0 Å². The molecule has 1 unspecified atom stereocenters. The van der Waals surface area contributed by atoms with E-state index < -0.39 is 12.7 Å². The first kappa shape index (κ1) is 22.4. The number of amidine groups is 1. The van der Waals surface area contributed by atoms with Gasteiger partial charge < -0.3 is 20.8 Å². The molecule has 0 bridgehead atoms. The maximum atomic E-state index is 13.1. The van der Waals surface area contributed by atoms with Crippen molar-refractivity contribution in [3.63, 3.8) is 0 Å². The van der Waals surface area contributed by atoms with E-state index in [2.05, 4.69) is 4.99 Å². The first-order valence-corrected chi connectivity index (χ1v) is 10.3. The van der Waals surface area contributed by atoms with Gasteiger partial charge in [0.1, 0.15) is 12.1 Å². The Labute approximate surface area is 181 Å². The number of nitrogens with zero attached hydrogens (tertiary/aromatic N) is 2. The Morgan fingerprint density at radius 1 is 1.23 bits per heavy atom. The molecule has 4 N–H and O–H groups in total. The molecule has 1 aliphatic heterocycles. The number of fused-ring (bicyclic) bond motifs is 1. The summed E-state index contributed by atoms with van der Waals surface area (Å²) in [5.74, 6) is 0.0971. The van der Waals surface area contributed by atoms with E-state index >= 15 is 0 Å². The molecule has 1 atom stereocenters. The third-order valence-corrected chi connectivity index (χ3v) is 5.07. The van der Waals surface area contributed by atoms with Crippen LogP contribution in [0.25, 0.3) is 17.2 Å². The SMILES string of the molecule is CCCN(CC(O)CO)C(=O)C1=Cc2ccc(-c3ccc(C=O)cc3)cc2N=C(N)C1. The van der Waals surface area contributed by atoms with Crippen molar-refractivity contribution < 1.29 is 19.8 Å². The van der Waals surface area contributed by atoms with Crippen LogP contribution in [0.4, 0.5) is 5.69 Å². The van der Waals surface area contributed by atoms with E-state index in [9.17, 15) is 14.7 Å². The summed E-state index contributed by atoms with van der Waals surface area (Å²) in [6.07, 6.45) is 2.52. The highest BCUT2D eigenvalue weighted by Crippen LogP contribution is 2.32. The zero-order chi connectivity index (χ0) is 22.4. The number of aldehydes is 1. The van der Waals surface area contributed by atoms with Crippen molar-refractivity contribution in [3.05, 3.63) is 59.2 Å². The molecule has 0 aliphatic carbocycles. The summed E-state index contributed by atoms with van der Waals surface area (Å²) in [6.45, 7) is 2.06. The van der Waals surface area contributed by atoms with Gasteiger partial charge in [0.2, 0.25) is 5.91 Å². The quantitative estimate of drug-likeness (QED) is 0.567. The Balaban J connectivity index is 1.93. The smallest absolute Gasteiger partial charge is 0.250 e. The van der Waals surface area contributed by atoms with Crippen molar-refractivity contribution in [2.24, 2.45) is 10.7 Å². The Morgan fingerprint density at radius 2 is 1.94 bits per heavy atom. The first-order valence-electron chi connectivity index (χ1n) is 10.3. The summed E-state index contributed by atoms with van der Waals surface area (Å²) in [7, 11) is 0. The standard InChI is InChI=1S/C24H27N3O4/c1-2-9-27(13-21(30)15-29)24(31)20-10-19-8-7-18(11-22(19)26-23(25)12-20)17-5-3-16(14-28)4-6-17/h3-8,10-11,14,21,29-30H,2,9,12-13,15H2,1H3,(H2,25,26). The number of amides is 1. The lowest BCUT2D eigenvalue weighted by atomic mass is 10.00. The van der Waals surface area contributed by atoms with Crippen LogP contribution in [0.2, 0.25) is 0 Å². The van der Waals surface area contributed by atoms with Gasteiger partial charge in [-0.1, -0.05) is 43.3 Å². The van der Waals surface area contributed by atoms with Crippen LogP contribution in [0.1, 0.15) is 35.7 Å². The number of aliphatic hydroxyl groups excluding tert-OH is 2. The van der Waals surface area contributed by atoms with Gasteiger partial charge in [-0.05, 0) is 29.7 Å². The molecule has 0 aromatic heterocycles. The molecular weight excluding hydrogens is 394 g/mol. The van der Waals surface area contributed by atoms with E-state index in [1.807, 2.05) is 37.3 Å². The van der Waals surface area contributed by atoms with Crippen molar-refractivity contribution in [2.75, 3.05) is 19.7 Å². The van der Waals surface area contributed by atoms with Gasteiger partial charge in [-0.2, -0.15) is 0 Å². The second kappa shape index (κ2) is 10.1. The summed E-state index contributed by atoms with van der Waals surface area (Å²) in [4.78, 5) is 30.0. The van der Waals surface area contributed by atoms with Crippen molar-refractivity contribution in [1.82, 2.24) is 4.90 Å². The lowest BCUT2D eigenvalue weighted by Gasteiger charge is -2.25. The monoisotopic (exact) mass is 421 g/mol. The highest BCUT2D eigenvalue weighted by Gasteiger charge is 2.23. The summed E-state index contributed by atoms with van der Waals surface area (Å²) >= 11 is 0. The molecule has 162 valence electrons. The largest absolute Gasteiger partial charge is 0.394 e. The fraction of sp³-hybridized carbons (Fsp3) is 0.292. The van der Waals surface area contributed by atoms with Crippen molar-refractivity contribution in [1.29, 1.82) is 0 Å². The van der Waals surface area contributed by atoms with Crippen LogP contribution in [0.15, 0.2) is 53.0 Å². The molecule has 0 saturated carbocycles. The minimum absolute atomic E-state index is 0.0557. The van der Waals surface area contributed by atoms with Crippen molar-refractivity contribution >= 4 is 29.8 Å². The molecule has 2 aromatic rings. The number of hydrogen-bond acceptors (Lipinski definition) is 6. The highest BCUT2D eigenvalue weighted by atomic mass is 16.3. The fourth-order valence-electron chi connectivity index (χ4n) is 3.52. The number of hydrogen-bond donors (Lipinski definition) is 3. The molecule has 7 nitrogen and oxygen atoms in total. The van der Waals surface area contributed by atoms with Gasteiger partial charge in [0.25, 0.3) is 0 Å². The Bertz CT molecular complexity index is 1010. The molecule has 2 aromatic carbocycles. The second-order valence-electron chi connectivity index (χ2n) is 7.55. The Hall–Kier alpha value is -3.29. The van der Waals surface area contributed by atoms with Gasteiger partial charge in [0, 0.05) is 36.2 Å². The Kier molecular flexibility index (Phi) is 7.33. The van der Waals surface area contributed by atoms with Crippen molar-refractivity contribution in [3.8, 4) is 11.1 Å². The normalized spacial score (nSPS) is 14.0. The summed E-state index contributed by atoms with van der Waals surface area (Å²) < 4.78 is 0. The van der Waals surface area contributed by atoms with Crippen LogP contribution in [0.3, 0.4) is 0 Å². The van der Waals surface area contributed by atoms with Crippen LogP contribution in [0, 0.1) is 0 Å². The molecule has 0 saturated heterocycles. The number of benzene rings is 2. The van der Waals surface area contributed by atoms with Crippen LogP contribution < -0.4 is 5.73 Å². The fourth-order valence-corrected chi connectivity index (χ4v) is 3.52. The predicted molar refractivity (Wildman–Crippen MR) is 121 cm³/mol. The molecule has 1 aliphatic rings. The van der Waals surface area contributed by atoms with Crippen LogP contribution in [-0.4, -0.2) is 58.9 Å². The van der Waals surface area contributed by atoms with E-state index in [0.29, 0.717) is 29.2 Å². The number of aliphatic imine (C=N–C) groups is 1. The van der Waals surface area contributed by atoms with E-state index in [1.165, 1.54) is 4.90 Å². The summed E-state index contributed by atoms with van der Waals surface area (Å²) in [6, 6.07) is 13.0. The van der Waals surface area contributed by atoms with Crippen LogP contribution >= 0.6 is 0 Å². The molecule has 1 heterocycles. The molecule has 0 fully saturated rings. The van der Waals surface area contributed by atoms with E-state index in [-0.39, 0.29) is 18.9 Å². The molecular formula is C24H27N3O4. The molecule has 31 heavy (non-hydrogen) atoms. The molecule has 1 amide bonds. The van der Waals surface area contributed by atoms with Crippen LogP contribution in [-0.2, 0) is 4.79 Å². The van der Waals surface area contributed by atoms with Crippen LogP contribution in [0.5, 0.6) is 0 Å². The van der Waals surface area contributed by atoms with Gasteiger partial charge >= 0.3 is 0 Å². The number of rotatable bonds is 8. The zero-order valence-corrected chi connectivity index (χ0v) is 17.5. The summed E-state index contributed by atoms with van der Waals surface area (Å²) in [5, 5.41) is 19.0. The Morgan fingerprint density at radius 3 is 2.58 bits per heavy atom. The second-order valence-corrected chi connectivity index (χ2v) is 7.55. The maximum absolute atomic E-state index is 13.1. The average molecular weight is 421 g/mol. The van der Waals surface area contributed by atoms with E-state index in [4.69, 9.17) is 10.8 Å². The molecule has 3 rings (SSSR count). The summed E-state index contributed by atoms with van der Waals surface area (Å²) in [5.41, 5.74) is 10.5. The minimum Gasteiger partial charge on any atom is -0.394 e. The van der Waals surface area contributed by atoms with E-state index in [0.717, 1.165) is 29.4 Å². The number of carbonyl (C=O) groups is 2. The predicted octanol–water partition coefficient (Wildman–Crippen LogP) is 2.53. The third-order valence-electron chi connectivity index (χ3n) is 5.07.